The van der Waals surface area contributed by atoms with Gasteiger partial charge in [-0.05, 0) is 35.9 Å². The van der Waals surface area contributed by atoms with E-state index in [1.807, 2.05) is 64.6 Å². The maximum Gasteiger partial charge on any atom is 0.337 e. The number of aromatic nitrogens is 1. The minimum Gasteiger partial charge on any atom is -0.587 e. The summed E-state index contributed by atoms with van der Waals surface area (Å²) >= 11 is -1.38. The van der Waals surface area contributed by atoms with E-state index in [0.717, 1.165) is 40.1 Å². The molecule has 0 N–H and O–H groups in total. The zero-order chi connectivity index (χ0) is 21.4. The van der Waals surface area contributed by atoms with Crippen LogP contribution >= 0.6 is 0 Å². The van der Waals surface area contributed by atoms with E-state index in [1.165, 1.54) is 12.7 Å². The number of carbonyl (C=O) groups excluding carboxylic acids is 1. The maximum absolute atomic E-state index is 13.6. The van der Waals surface area contributed by atoms with E-state index in [1.54, 1.807) is 6.07 Å². The second kappa shape index (κ2) is 8.23. The molecule has 2 heterocycles. The largest absolute Gasteiger partial charge is 0.587 e. The monoisotopic (exact) mass is 430 g/mol. The van der Waals surface area contributed by atoms with Gasteiger partial charge in [0.25, 0.3) is 0 Å². The highest BCUT2D eigenvalue weighted by Gasteiger charge is 2.32. The summed E-state index contributed by atoms with van der Waals surface area (Å²) in [6.45, 7) is 2.25. The summed E-state index contributed by atoms with van der Waals surface area (Å²) < 4.78 is 20.4. The lowest BCUT2D eigenvalue weighted by molar-refractivity contribution is 0.0601. The predicted molar refractivity (Wildman–Crippen MR) is 121 cm³/mol. The third kappa shape index (κ3) is 3.63. The lowest BCUT2D eigenvalue weighted by Gasteiger charge is -2.18. The quantitative estimate of drug-likeness (QED) is 0.345. The molecule has 5 rings (SSSR count). The third-order valence-electron chi connectivity index (χ3n) is 5.67. The molecular weight excluding hydrogens is 408 g/mol. The third-order valence-corrected chi connectivity index (χ3v) is 7.09. The molecule has 4 aromatic rings. The van der Waals surface area contributed by atoms with Gasteiger partial charge in [-0.2, -0.15) is 3.97 Å². The Morgan fingerprint density at radius 2 is 1.71 bits per heavy atom. The fourth-order valence-electron chi connectivity index (χ4n) is 4.24. The lowest BCUT2D eigenvalue weighted by Crippen LogP contribution is -2.20. The van der Waals surface area contributed by atoms with E-state index in [9.17, 15) is 9.35 Å². The van der Waals surface area contributed by atoms with Crippen LogP contribution in [-0.4, -0.2) is 26.5 Å². The highest BCUT2D eigenvalue weighted by Crippen LogP contribution is 2.37. The molecule has 1 aliphatic heterocycles. The number of fused-ring (bicyclic) bond motifs is 3. The van der Waals surface area contributed by atoms with Crippen molar-refractivity contribution in [3.63, 3.8) is 0 Å². The number of nitrogens with zero attached hydrogens (tertiary/aromatic N) is 2. The molecule has 0 fully saturated rings. The fraction of sp³-hybridized carbons (Fsp3) is 0.160. The Morgan fingerprint density at radius 1 is 1.00 bits per heavy atom. The van der Waals surface area contributed by atoms with Crippen LogP contribution in [0.2, 0.25) is 0 Å². The van der Waals surface area contributed by atoms with E-state index in [4.69, 9.17) is 4.74 Å². The standard InChI is InChI=1S/C25H22N2O3S/c1-30-25(28)19-12-13-23-21(14-19)22-16-26(15-18-8-4-2-5-9-18)17-24(22)27(23)31(29)20-10-6-3-7-11-20/h2-14H,15-17H2,1H3. The van der Waals surface area contributed by atoms with Gasteiger partial charge in [0.15, 0.2) is 4.90 Å². The summed E-state index contributed by atoms with van der Waals surface area (Å²) in [7, 11) is 1.38. The van der Waals surface area contributed by atoms with Crippen molar-refractivity contribution in [2.75, 3.05) is 7.11 Å². The molecule has 0 amide bonds. The maximum atomic E-state index is 13.6. The van der Waals surface area contributed by atoms with Crippen LogP contribution < -0.4 is 0 Å². The summed E-state index contributed by atoms with van der Waals surface area (Å²) in [6.07, 6.45) is 0. The van der Waals surface area contributed by atoms with Crippen molar-refractivity contribution in [1.82, 2.24) is 8.87 Å². The number of ether oxygens (including phenoxy) is 1. The van der Waals surface area contributed by atoms with Gasteiger partial charge in [-0.1, -0.05) is 48.5 Å². The Bertz CT molecular complexity index is 1240. The van der Waals surface area contributed by atoms with Crippen LogP contribution in [0.3, 0.4) is 0 Å². The van der Waals surface area contributed by atoms with E-state index < -0.39 is 11.4 Å². The van der Waals surface area contributed by atoms with Crippen molar-refractivity contribution in [2.45, 2.75) is 24.5 Å². The highest BCUT2D eigenvalue weighted by molar-refractivity contribution is 7.90. The van der Waals surface area contributed by atoms with Crippen molar-refractivity contribution < 1.29 is 14.1 Å². The molecule has 0 spiro atoms. The molecule has 0 bridgehead atoms. The van der Waals surface area contributed by atoms with Gasteiger partial charge in [0.1, 0.15) is 11.4 Å². The van der Waals surface area contributed by atoms with Crippen LogP contribution in [0.5, 0.6) is 0 Å². The zero-order valence-electron chi connectivity index (χ0n) is 17.2. The molecule has 5 nitrogen and oxygen atoms in total. The molecule has 1 aromatic heterocycles. The number of benzene rings is 3. The number of hydrogen-bond donors (Lipinski definition) is 0. The smallest absolute Gasteiger partial charge is 0.337 e. The van der Waals surface area contributed by atoms with Crippen LogP contribution in [-0.2, 0) is 35.7 Å². The molecule has 0 saturated carbocycles. The molecule has 1 atom stereocenters. The zero-order valence-corrected chi connectivity index (χ0v) is 18.0. The van der Waals surface area contributed by atoms with E-state index >= 15 is 0 Å². The van der Waals surface area contributed by atoms with Crippen molar-refractivity contribution in [3.8, 4) is 0 Å². The normalized spacial score (nSPS) is 14.5. The summed E-state index contributed by atoms with van der Waals surface area (Å²) in [5.41, 5.74) is 4.78. The van der Waals surface area contributed by atoms with Gasteiger partial charge in [-0.25, -0.2) is 4.79 Å². The average molecular weight is 431 g/mol. The van der Waals surface area contributed by atoms with Crippen LogP contribution in [0.25, 0.3) is 10.9 Å². The van der Waals surface area contributed by atoms with Gasteiger partial charge in [-0.15, -0.1) is 0 Å². The first-order valence-corrected chi connectivity index (χ1v) is 11.2. The first-order valence-electron chi connectivity index (χ1n) is 10.1. The molecule has 1 unspecified atom stereocenters. The van der Waals surface area contributed by atoms with Crippen LogP contribution in [0.1, 0.15) is 27.2 Å². The molecule has 0 saturated heterocycles. The van der Waals surface area contributed by atoms with Crippen molar-refractivity contribution >= 4 is 28.2 Å². The summed E-state index contributed by atoms with van der Waals surface area (Å²) in [5.74, 6) is -0.369. The van der Waals surface area contributed by atoms with Crippen LogP contribution in [0, 0.1) is 0 Å². The van der Waals surface area contributed by atoms with Gasteiger partial charge in [-0.3, -0.25) is 4.90 Å². The number of hydrogen-bond acceptors (Lipinski definition) is 4. The number of carbonyl (C=O) groups is 1. The van der Waals surface area contributed by atoms with Gasteiger partial charge in [0.05, 0.1) is 23.9 Å². The lowest BCUT2D eigenvalue weighted by atomic mass is 10.1. The molecule has 31 heavy (non-hydrogen) atoms. The molecule has 1 aliphatic rings. The SMILES string of the molecule is COC(=O)c1ccc2c(c1)c1c(n2[S+]([O-])c2ccccc2)CN(Cc2ccccc2)C1. The van der Waals surface area contributed by atoms with Crippen molar-refractivity contribution in [2.24, 2.45) is 0 Å². The Labute approximate surface area is 184 Å². The Hall–Kier alpha value is -3.06. The molecule has 156 valence electrons. The summed E-state index contributed by atoms with van der Waals surface area (Å²) in [6, 6.07) is 25.3. The van der Waals surface area contributed by atoms with Crippen molar-refractivity contribution in [1.29, 1.82) is 0 Å². The minimum atomic E-state index is -1.38. The fourth-order valence-corrected chi connectivity index (χ4v) is 5.54. The minimum absolute atomic E-state index is 0.369. The molecule has 0 radical (unpaired) electrons. The molecule has 6 heteroatoms. The number of esters is 1. The predicted octanol–water partition coefficient (Wildman–Crippen LogP) is 4.51. The summed E-state index contributed by atoms with van der Waals surface area (Å²) in [4.78, 5) is 15.2. The van der Waals surface area contributed by atoms with Crippen molar-refractivity contribution in [3.05, 3.63) is 101 Å². The van der Waals surface area contributed by atoms with Gasteiger partial charge in [0.2, 0.25) is 0 Å². The van der Waals surface area contributed by atoms with E-state index in [-0.39, 0.29) is 5.97 Å². The van der Waals surface area contributed by atoms with Gasteiger partial charge >= 0.3 is 5.97 Å². The van der Waals surface area contributed by atoms with E-state index in [0.29, 0.717) is 12.1 Å². The van der Waals surface area contributed by atoms with Gasteiger partial charge in [0, 0.05) is 30.6 Å². The highest BCUT2D eigenvalue weighted by atomic mass is 32.2. The number of rotatable bonds is 5. The Balaban J connectivity index is 1.60. The molecule has 3 aromatic carbocycles. The second-order valence-corrected chi connectivity index (χ2v) is 8.97. The average Bonchev–Trinajstić information content (AvgIpc) is 3.35. The first-order chi connectivity index (χ1) is 15.2. The van der Waals surface area contributed by atoms with Crippen LogP contribution in [0.4, 0.5) is 0 Å². The Morgan fingerprint density at radius 3 is 2.42 bits per heavy atom. The molecular formula is C25H22N2O3S. The van der Waals surface area contributed by atoms with E-state index in [2.05, 4.69) is 17.0 Å². The van der Waals surface area contributed by atoms with Gasteiger partial charge < -0.3 is 9.29 Å². The topological polar surface area (TPSA) is 57.5 Å². The molecule has 0 aliphatic carbocycles. The second-order valence-electron chi connectivity index (χ2n) is 7.64. The first kappa shape index (κ1) is 19.9. The Kier molecular flexibility index (Phi) is 5.28. The number of methoxy groups -OCH3 is 1. The van der Waals surface area contributed by atoms with Crippen LogP contribution in [0.15, 0.2) is 83.8 Å². The summed E-state index contributed by atoms with van der Waals surface area (Å²) in [5, 5.41) is 0.956.